The van der Waals surface area contributed by atoms with Gasteiger partial charge in [-0.3, -0.25) is 24.3 Å². The fourth-order valence-electron chi connectivity index (χ4n) is 2.58. The van der Waals surface area contributed by atoms with Crippen LogP contribution in [0.5, 0.6) is 11.5 Å². The van der Waals surface area contributed by atoms with Gasteiger partial charge in [0, 0.05) is 18.0 Å². The number of pyridine rings is 1. The fourth-order valence-corrected chi connectivity index (χ4v) is 2.58. The molecule has 1 aromatic carbocycles. The average molecular weight is 325 g/mol. The number of ether oxygens (including phenoxy) is 2. The molecule has 4 rings (SSSR count). The summed E-state index contributed by atoms with van der Waals surface area (Å²) in [6, 6.07) is 8.02. The molecule has 120 valence electrons. The van der Waals surface area contributed by atoms with Crippen molar-refractivity contribution in [3.8, 4) is 11.5 Å². The first-order chi connectivity index (χ1) is 11.6. The van der Waals surface area contributed by atoms with Gasteiger partial charge < -0.3 is 14.8 Å². The van der Waals surface area contributed by atoms with E-state index >= 15 is 0 Å². The average Bonchev–Trinajstić information content (AvgIpc) is 3.14. The Labute approximate surface area is 136 Å². The molecule has 0 unspecified atom stereocenters. The van der Waals surface area contributed by atoms with Crippen molar-refractivity contribution in [2.45, 2.75) is 0 Å². The van der Waals surface area contributed by atoms with E-state index in [2.05, 4.69) is 10.3 Å². The molecule has 8 nitrogen and oxygen atoms in total. The van der Waals surface area contributed by atoms with E-state index < -0.39 is 17.7 Å². The number of imide groups is 1. The van der Waals surface area contributed by atoms with Crippen LogP contribution in [0.3, 0.4) is 0 Å². The lowest BCUT2D eigenvalue weighted by Crippen LogP contribution is -2.37. The summed E-state index contributed by atoms with van der Waals surface area (Å²) in [5, 5.41) is 2.63. The van der Waals surface area contributed by atoms with Crippen LogP contribution in [0, 0.1) is 0 Å². The summed E-state index contributed by atoms with van der Waals surface area (Å²) in [5.41, 5.74) is 0.760. The van der Waals surface area contributed by atoms with Crippen molar-refractivity contribution >= 4 is 23.4 Å². The van der Waals surface area contributed by atoms with Crippen molar-refractivity contribution in [1.82, 2.24) is 9.88 Å². The number of anilines is 1. The van der Waals surface area contributed by atoms with Gasteiger partial charge in [-0.25, -0.2) is 0 Å². The number of benzene rings is 1. The molecule has 8 heteroatoms. The number of fused-ring (bicyclic) bond motifs is 2. The second-order valence-corrected chi connectivity index (χ2v) is 5.21. The standard InChI is InChI=1S/C16H11N3O5/c20-13(18-9-3-4-11-12(6-9)24-8-23-11)7-19-15(21)10-2-1-5-17-14(10)16(19)22/h1-6H,7-8H2,(H,18,20). The zero-order chi connectivity index (χ0) is 16.7. The molecular formula is C16H11N3O5. The third kappa shape index (κ3) is 2.24. The van der Waals surface area contributed by atoms with Crippen LogP contribution in [-0.4, -0.2) is 40.9 Å². The van der Waals surface area contributed by atoms with Gasteiger partial charge in [0.1, 0.15) is 12.2 Å². The molecule has 0 saturated heterocycles. The van der Waals surface area contributed by atoms with Gasteiger partial charge in [-0.2, -0.15) is 0 Å². The van der Waals surface area contributed by atoms with Crippen LogP contribution in [0.15, 0.2) is 36.5 Å². The zero-order valence-corrected chi connectivity index (χ0v) is 12.3. The van der Waals surface area contributed by atoms with Gasteiger partial charge in [0.2, 0.25) is 12.7 Å². The van der Waals surface area contributed by atoms with E-state index in [1.807, 2.05) is 0 Å². The molecule has 3 amide bonds. The van der Waals surface area contributed by atoms with Crippen molar-refractivity contribution in [2.75, 3.05) is 18.7 Å². The Kier molecular flexibility index (Phi) is 3.16. The topological polar surface area (TPSA) is 97.8 Å². The summed E-state index contributed by atoms with van der Waals surface area (Å²) < 4.78 is 10.4. The Bertz CT molecular complexity index is 845. The highest BCUT2D eigenvalue weighted by Gasteiger charge is 2.37. The highest BCUT2D eigenvalue weighted by Crippen LogP contribution is 2.34. The number of hydrogen-bond acceptors (Lipinski definition) is 6. The van der Waals surface area contributed by atoms with E-state index in [-0.39, 0.29) is 24.6 Å². The molecule has 1 N–H and O–H groups in total. The first-order valence-electron chi connectivity index (χ1n) is 7.14. The minimum Gasteiger partial charge on any atom is -0.454 e. The summed E-state index contributed by atoms with van der Waals surface area (Å²) in [6.07, 6.45) is 1.43. The lowest BCUT2D eigenvalue weighted by molar-refractivity contribution is -0.116. The molecule has 0 fully saturated rings. The highest BCUT2D eigenvalue weighted by atomic mass is 16.7. The third-order valence-electron chi connectivity index (χ3n) is 3.69. The number of carbonyl (C=O) groups is 3. The molecule has 3 heterocycles. The Morgan fingerprint density at radius 3 is 2.83 bits per heavy atom. The smallest absolute Gasteiger partial charge is 0.280 e. The van der Waals surface area contributed by atoms with E-state index in [1.165, 1.54) is 12.3 Å². The van der Waals surface area contributed by atoms with Crippen molar-refractivity contribution in [3.05, 3.63) is 47.8 Å². The molecule has 0 saturated carbocycles. The lowest BCUT2D eigenvalue weighted by Gasteiger charge is -2.13. The number of carbonyl (C=O) groups excluding carboxylic acids is 3. The summed E-state index contributed by atoms with van der Waals surface area (Å²) in [7, 11) is 0. The van der Waals surface area contributed by atoms with Gasteiger partial charge in [0.05, 0.1) is 5.56 Å². The molecule has 0 radical (unpaired) electrons. The van der Waals surface area contributed by atoms with E-state index in [0.29, 0.717) is 17.2 Å². The third-order valence-corrected chi connectivity index (χ3v) is 3.69. The van der Waals surface area contributed by atoms with E-state index in [9.17, 15) is 14.4 Å². The quantitative estimate of drug-likeness (QED) is 0.847. The Hall–Kier alpha value is -3.42. The van der Waals surface area contributed by atoms with Crippen molar-refractivity contribution in [2.24, 2.45) is 0 Å². The van der Waals surface area contributed by atoms with E-state index in [0.717, 1.165) is 4.90 Å². The molecule has 24 heavy (non-hydrogen) atoms. The van der Waals surface area contributed by atoms with Crippen LogP contribution in [-0.2, 0) is 4.79 Å². The minimum absolute atomic E-state index is 0.0679. The Morgan fingerprint density at radius 1 is 1.17 bits per heavy atom. The number of rotatable bonds is 3. The zero-order valence-electron chi connectivity index (χ0n) is 12.3. The summed E-state index contributed by atoms with van der Waals surface area (Å²) in [5.74, 6) is -0.471. The Morgan fingerprint density at radius 2 is 2.00 bits per heavy atom. The van der Waals surface area contributed by atoms with Gasteiger partial charge in [-0.1, -0.05) is 0 Å². The predicted molar refractivity (Wildman–Crippen MR) is 80.8 cm³/mol. The molecule has 0 spiro atoms. The fraction of sp³-hybridized carbons (Fsp3) is 0.125. The van der Waals surface area contributed by atoms with Gasteiger partial charge in [0.25, 0.3) is 11.8 Å². The SMILES string of the molecule is O=C(CN1C(=O)c2cccnc2C1=O)Nc1ccc2c(c1)OCO2. The first-order valence-corrected chi connectivity index (χ1v) is 7.14. The number of aromatic nitrogens is 1. The summed E-state index contributed by atoms with van der Waals surface area (Å²) >= 11 is 0. The van der Waals surface area contributed by atoms with Gasteiger partial charge in [0.15, 0.2) is 11.5 Å². The van der Waals surface area contributed by atoms with E-state index in [1.54, 1.807) is 24.3 Å². The Balaban J connectivity index is 1.47. The largest absolute Gasteiger partial charge is 0.454 e. The molecule has 2 aliphatic rings. The monoisotopic (exact) mass is 325 g/mol. The van der Waals surface area contributed by atoms with Gasteiger partial charge in [-0.05, 0) is 24.3 Å². The van der Waals surface area contributed by atoms with Crippen LogP contribution < -0.4 is 14.8 Å². The lowest BCUT2D eigenvalue weighted by atomic mass is 10.2. The number of nitrogens with zero attached hydrogens (tertiary/aromatic N) is 2. The van der Waals surface area contributed by atoms with Crippen LogP contribution in [0.25, 0.3) is 0 Å². The molecule has 2 aliphatic heterocycles. The van der Waals surface area contributed by atoms with Crippen LogP contribution in [0.4, 0.5) is 5.69 Å². The molecule has 0 aliphatic carbocycles. The minimum atomic E-state index is -0.573. The summed E-state index contributed by atoms with van der Waals surface area (Å²) in [4.78, 5) is 41.3. The second kappa shape index (κ2) is 5.34. The van der Waals surface area contributed by atoms with Crippen molar-refractivity contribution in [3.63, 3.8) is 0 Å². The first kappa shape index (κ1) is 14.2. The van der Waals surface area contributed by atoms with Gasteiger partial charge in [-0.15, -0.1) is 0 Å². The maximum atomic E-state index is 12.2. The molecule has 1 aromatic heterocycles. The van der Waals surface area contributed by atoms with Crippen molar-refractivity contribution in [1.29, 1.82) is 0 Å². The predicted octanol–water partition coefficient (Wildman–Crippen LogP) is 1.05. The van der Waals surface area contributed by atoms with Crippen LogP contribution in [0.1, 0.15) is 20.8 Å². The normalized spacial score (nSPS) is 14.8. The number of amides is 3. The van der Waals surface area contributed by atoms with Crippen LogP contribution >= 0.6 is 0 Å². The molecule has 0 bridgehead atoms. The second-order valence-electron chi connectivity index (χ2n) is 5.21. The molecule has 0 atom stereocenters. The summed E-state index contributed by atoms with van der Waals surface area (Å²) in [6.45, 7) is -0.253. The maximum absolute atomic E-state index is 12.2. The maximum Gasteiger partial charge on any atom is 0.280 e. The highest BCUT2D eigenvalue weighted by molar-refractivity contribution is 6.21. The number of hydrogen-bond donors (Lipinski definition) is 1. The number of nitrogens with one attached hydrogen (secondary N) is 1. The molecule has 2 aromatic rings. The molecular weight excluding hydrogens is 314 g/mol. The van der Waals surface area contributed by atoms with Crippen molar-refractivity contribution < 1.29 is 23.9 Å². The van der Waals surface area contributed by atoms with E-state index in [4.69, 9.17) is 9.47 Å². The van der Waals surface area contributed by atoms with Crippen LogP contribution in [0.2, 0.25) is 0 Å². The van der Waals surface area contributed by atoms with Gasteiger partial charge >= 0.3 is 0 Å².